The predicted molar refractivity (Wildman–Crippen MR) is 128 cm³/mol. The molecular weight excluding hydrogens is 458 g/mol. The van der Waals surface area contributed by atoms with Crippen molar-refractivity contribution in [2.24, 2.45) is 11.8 Å². The molecule has 2 aliphatic rings. The van der Waals surface area contributed by atoms with Gasteiger partial charge in [0, 0.05) is 17.1 Å². The highest BCUT2D eigenvalue weighted by molar-refractivity contribution is 7.89. The van der Waals surface area contributed by atoms with Crippen molar-refractivity contribution in [2.75, 3.05) is 6.54 Å². The molecule has 0 bridgehead atoms. The first kappa shape index (κ1) is 24.3. The third-order valence-electron chi connectivity index (χ3n) is 6.52. The van der Waals surface area contributed by atoms with Gasteiger partial charge in [0.2, 0.25) is 10.0 Å². The molecule has 184 valence electrons. The second kappa shape index (κ2) is 9.79. The molecular formula is C24H31N3O6S. The molecule has 34 heavy (non-hydrogen) atoms. The van der Waals surface area contributed by atoms with E-state index in [-0.39, 0.29) is 17.0 Å². The number of benzene rings is 1. The van der Waals surface area contributed by atoms with E-state index in [4.69, 9.17) is 4.42 Å². The number of furan rings is 1. The van der Waals surface area contributed by atoms with E-state index in [1.165, 1.54) is 25.0 Å². The van der Waals surface area contributed by atoms with Crippen LogP contribution in [0.1, 0.15) is 46.0 Å². The predicted octanol–water partition coefficient (Wildman–Crippen LogP) is 1.64. The summed E-state index contributed by atoms with van der Waals surface area (Å²) in [5, 5.41) is 16.6. The number of rotatable bonds is 8. The Morgan fingerprint density at radius 1 is 1.21 bits per heavy atom. The summed E-state index contributed by atoms with van der Waals surface area (Å²) in [5.74, 6) is -1.09. The molecule has 1 saturated carbocycles. The van der Waals surface area contributed by atoms with E-state index in [0.717, 1.165) is 18.1 Å². The highest BCUT2D eigenvalue weighted by Gasteiger charge is 2.28. The van der Waals surface area contributed by atoms with Crippen LogP contribution in [0.5, 0.6) is 0 Å². The van der Waals surface area contributed by atoms with Crippen LogP contribution < -0.4 is 26.0 Å². The highest BCUT2D eigenvalue weighted by Crippen LogP contribution is 2.23. The Morgan fingerprint density at radius 3 is 2.62 bits per heavy atom. The molecule has 2 atom stereocenters. The Kier molecular flexibility index (Phi) is 6.99. The van der Waals surface area contributed by atoms with Crippen LogP contribution >= 0.6 is 0 Å². The molecule has 4 N–H and O–H groups in total. The molecule has 2 aliphatic carbocycles. The van der Waals surface area contributed by atoms with Gasteiger partial charge in [0.1, 0.15) is 17.0 Å². The number of sulfonamides is 1. The molecule has 2 amide bonds. The maximum atomic E-state index is 12.8. The lowest BCUT2D eigenvalue weighted by molar-refractivity contribution is -0.140. The Bertz CT molecular complexity index is 1310. The van der Waals surface area contributed by atoms with Gasteiger partial charge in [-0.1, -0.05) is 32.8 Å². The van der Waals surface area contributed by atoms with Crippen molar-refractivity contribution in [3.63, 3.8) is 0 Å². The Balaban J connectivity index is 1.52. The van der Waals surface area contributed by atoms with E-state index in [9.17, 15) is 23.1 Å². The van der Waals surface area contributed by atoms with Crippen LogP contribution in [0.25, 0.3) is 23.1 Å². The maximum Gasteiger partial charge on any atom is 0.322 e. The summed E-state index contributed by atoms with van der Waals surface area (Å²) in [5.41, 5.74) is 1.08. The van der Waals surface area contributed by atoms with Crippen LogP contribution in [0.15, 0.2) is 27.5 Å². The first-order valence-corrected chi connectivity index (χ1v) is 13.2. The first-order valence-electron chi connectivity index (χ1n) is 11.7. The fraction of sp³-hybridized carbons (Fsp3) is 0.500. The van der Waals surface area contributed by atoms with Crippen LogP contribution in [0.2, 0.25) is 0 Å². The average molecular weight is 490 g/mol. The molecule has 0 spiro atoms. The van der Waals surface area contributed by atoms with E-state index in [1.54, 1.807) is 19.9 Å². The summed E-state index contributed by atoms with van der Waals surface area (Å²) in [6.45, 7) is 3.96. The van der Waals surface area contributed by atoms with E-state index < -0.39 is 28.0 Å². The Morgan fingerprint density at radius 2 is 1.94 bits per heavy atom. The normalized spacial score (nSPS) is 19.3. The number of hydrogen-bond acceptors (Lipinski definition) is 5. The number of fused-ring (bicyclic) bond motifs is 3. The van der Waals surface area contributed by atoms with E-state index in [2.05, 4.69) is 15.4 Å². The summed E-state index contributed by atoms with van der Waals surface area (Å²) < 4.78 is 33.9. The SMILES string of the molecule is CC(C)[C@@H](NS(=O)(=O)c1ccc2oc3c(c2c1)=CCC(NC(=O)NCC1CCCC1)C=3)C(=O)O. The molecule has 0 radical (unpaired) electrons. The Labute approximate surface area is 198 Å². The minimum Gasteiger partial charge on any atom is -0.480 e. The molecule has 9 nitrogen and oxygen atoms in total. The van der Waals surface area contributed by atoms with Crippen LogP contribution in [0.3, 0.4) is 0 Å². The number of carbonyl (C=O) groups is 2. The van der Waals surface area contributed by atoms with Gasteiger partial charge in [0.25, 0.3) is 0 Å². The topological polar surface area (TPSA) is 138 Å². The van der Waals surface area contributed by atoms with Crippen molar-refractivity contribution in [1.29, 1.82) is 0 Å². The van der Waals surface area contributed by atoms with Crippen molar-refractivity contribution in [2.45, 2.75) is 62.9 Å². The highest BCUT2D eigenvalue weighted by atomic mass is 32.2. The molecule has 0 saturated heterocycles. The third kappa shape index (κ3) is 5.28. The van der Waals surface area contributed by atoms with Gasteiger partial charge in [-0.3, -0.25) is 4.79 Å². The standard InChI is InChI=1S/C24H31N3O6S/c1-14(2)22(23(28)29)27-34(31,32)17-8-10-20-19(12-17)18-9-7-16(11-21(18)33-20)26-24(30)25-13-15-5-3-4-6-15/h8-12,14-16,22,27H,3-7,13H2,1-2H3,(H,28,29)(H2,25,26,30)/t16?,22-/m1/s1. The summed E-state index contributed by atoms with van der Waals surface area (Å²) in [7, 11) is -4.05. The Hall–Kier alpha value is -2.85. The van der Waals surface area contributed by atoms with Gasteiger partial charge in [-0.05, 0) is 55.4 Å². The quantitative estimate of drug-likeness (QED) is 0.445. The van der Waals surface area contributed by atoms with Gasteiger partial charge < -0.3 is 20.2 Å². The molecule has 1 heterocycles. The van der Waals surface area contributed by atoms with Crippen molar-refractivity contribution in [3.05, 3.63) is 28.8 Å². The molecule has 0 aliphatic heterocycles. The van der Waals surface area contributed by atoms with E-state index >= 15 is 0 Å². The lowest BCUT2D eigenvalue weighted by atomic mass is 10.1. The van der Waals surface area contributed by atoms with Gasteiger partial charge in [-0.2, -0.15) is 4.72 Å². The van der Waals surface area contributed by atoms with E-state index in [0.29, 0.717) is 35.3 Å². The van der Waals surface area contributed by atoms with Gasteiger partial charge >= 0.3 is 12.0 Å². The maximum absolute atomic E-state index is 12.8. The molecule has 1 aromatic carbocycles. The largest absolute Gasteiger partial charge is 0.480 e. The molecule has 1 aromatic heterocycles. The monoisotopic (exact) mass is 489 g/mol. The molecule has 4 rings (SSSR count). The van der Waals surface area contributed by atoms with E-state index in [1.807, 2.05) is 12.2 Å². The average Bonchev–Trinajstić information content (AvgIpc) is 3.42. The fourth-order valence-corrected chi connectivity index (χ4v) is 5.95. The smallest absolute Gasteiger partial charge is 0.322 e. The van der Waals surface area contributed by atoms with Crippen LogP contribution in [-0.2, 0) is 14.8 Å². The number of carboxylic acids is 1. The van der Waals surface area contributed by atoms with Crippen LogP contribution in [0.4, 0.5) is 4.79 Å². The summed E-state index contributed by atoms with van der Waals surface area (Å²) in [6.07, 6.45) is 9.07. The van der Waals surface area contributed by atoms with Crippen LogP contribution in [-0.4, -0.2) is 44.2 Å². The van der Waals surface area contributed by atoms with Gasteiger partial charge in [0.05, 0.1) is 10.9 Å². The summed E-state index contributed by atoms with van der Waals surface area (Å²) >= 11 is 0. The minimum atomic E-state index is -4.05. The van der Waals surface area contributed by atoms with Crippen molar-refractivity contribution < 1.29 is 27.5 Å². The van der Waals surface area contributed by atoms with Gasteiger partial charge in [-0.25, -0.2) is 13.2 Å². The van der Waals surface area contributed by atoms with Crippen molar-refractivity contribution in [1.82, 2.24) is 15.4 Å². The minimum absolute atomic E-state index is 0.0320. The van der Waals surface area contributed by atoms with Crippen LogP contribution in [0, 0.1) is 11.8 Å². The second-order valence-corrected chi connectivity index (χ2v) is 11.2. The molecule has 1 unspecified atom stereocenters. The number of nitrogens with one attached hydrogen (secondary N) is 3. The third-order valence-corrected chi connectivity index (χ3v) is 7.96. The molecule has 2 aromatic rings. The number of amides is 2. The lowest BCUT2D eigenvalue weighted by Crippen LogP contribution is -2.45. The molecule has 10 heteroatoms. The number of hydrogen-bond donors (Lipinski definition) is 4. The second-order valence-electron chi connectivity index (χ2n) is 9.44. The number of carbonyl (C=O) groups excluding carboxylic acids is 1. The molecule has 1 fully saturated rings. The fourth-order valence-electron chi connectivity index (χ4n) is 4.59. The van der Waals surface area contributed by atoms with Crippen molar-refractivity contribution in [3.8, 4) is 0 Å². The lowest BCUT2D eigenvalue weighted by Gasteiger charge is -2.18. The zero-order valence-corrected chi connectivity index (χ0v) is 20.2. The first-order chi connectivity index (χ1) is 16.1. The zero-order valence-electron chi connectivity index (χ0n) is 19.3. The number of urea groups is 1. The zero-order chi connectivity index (χ0) is 24.5. The number of carboxylic acid groups (broad SMARTS) is 1. The van der Waals surface area contributed by atoms with Crippen molar-refractivity contribution >= 4 is 45.1 Å². The number of aliphatic carboxylic acids is 1. The summed E-state index contributed by atoms with van der Waals surface area (Å²) in [6, 6.07) is 2.77. The van der Waals surface area contributed by atoms with Gasteiger partial charge in [-0.15, -0.1) is 0 Å². The summed E-state index contributed by atoms with van der Waals surface area (Å²) in [4.78, 5) is 23.7. The van der Waals surface area contributed by atoms with Gasteiger partial charge in [0.15, 0.2) is 0 Å².